The van der Waals surface area contributed by atoms with Gasteiger partial charge in [0.1, 0.15) is 12.4 Å². The molecule has 4 nitrogen and oxygen atoms in total. The van der Waals surface area contributed by atoms with E-state index in [4.69, 9.17) is 5.53 Å². The minimum absolute atomic E-state index is 0.0694. The average Bonchev–Trinajstić information content (AvgIpc) is 2.50. The van der Waals surface area contributed by atoms with Gasteiger partial charge >= 0.3 is 6.18 Å². The summed E-state index contributed by atoms with van der Waals surface area (Å²) in [6.45, 7) is -1.26. The molecule has 1 heterocycles. The van der Waals surface area contributed by atoms with E-state index in [-0.39, 0.29) is 24.2 Å². The molecule has 0 saturated heterocycles. The first-order valence-electron chi connectivity index (χ1n) is 6.04. The second kappa shape index (κ2) is 5.58. The van der Waals surface area contributed by atoms with Crippen LogP contribution < -0.4 is 4.90 Å². The zero-order chi connectivity index (χ0) is 14.8. The number of alkyl halides is 3. The van der Waals surface area contributed by atoms with Crippen molar-refractivity contribution in [1.29, 1.82) is 0 Å². The molecule has 0 spiro atoms. The zero-order valence-electron chi connectivity index (χ0n) is 10.4. The van der Waals surface area contributed by atoms with Gasteiger partial charge in [-0.3, -0.25) is 0 Å². The van der Waals surface area contributed by atoms with Crippen molar-refractivity contribution in [2.75, 3.05) is 18.0 Å². The molecule has 0 radical (unpaired) electrons. The molecule has 1 aromatic rings. The largest absolute Gasteiger partial charge is 0.405 e. The Morgan fingerprint density at radius 3 is 2.80 bits per heavy atom. The van der Waals surface area contributed by atoms with Crippen LogP contribution >= 0.6 is 0 Å². The molecule has 0 bridgehead atoms. The SMILES string of the molecule is [N-]=[N+]=NC1CCc2c(F)cccc2N(CC(F)(F)F)C1. The highest BCUT2D eigenvalue weighted by molar-refractivity contribution is 5.55. The Labute approximate surface area is 112 Å². The van der Waals surface area contributed by atoms with Gasteiger partial charge in [0.25, 0.3) is 0 Å². The highest BCUT2D eigenvalue weighted by Crippen LogP contribution is 2.31. The summed E-state index contributed by atoms with van der Waals surface area (Å²) < 4.78 is 51.7. The minimum Gasteiger partial charge on any atom is -0.362 e. The predicted octanol–water partition coefficient (Wildman–Crippen LogP) is 3.82. The van der Waals surface area contributed by atoms with Crippen molar-refractivity contribution in [1.82, 2.24) is 0 Å². The topological polar surface area (TPSA) is 52.0 Å². The van der Waals surface area contributed by atoms with Gasteiger partial charge in [0.05, 0.1) is 6.04 Å². The van der Waals surface area contributed by atoms with Gasteiger partial charge in [-0.05, 0) is 30.5 Å². The maximum Gasteiger partial charge on any atom is 0.405 e. The van der Waals surface area contributed by atoms with Crippen LogP contribution in [0.1, 0.15) is 12.0 Å². The number of hydrogen-bond donors (Lipinski definition) is 0. The second-order valence-corrected chi connectivity index (χ2v) is 4.63. The summed E-state index contributed by atoms with van der Waals surface area (Å²) in [7, 11) is 0. The van der Waals surface area contributed by atoms with Crippen LogP contribution in [0.4, 0.5) is 23.2 Å². The number of benzene rings is 1. The molecule has 0 fully saturated rings. The highest BCUT2D eigenvalue weighted by Gasteiger charge is 2.34. The maximum atomic E-state index is 13.8. The Morgan fingerprint density at radius 2 is 2.15 bits per heavy atom. The van der Waals surface area contributed by atoms with Crippen molar-refractivity contribution in [3.05, 3.63) is 40.0 Å². The van der Waals surface area contributed by atoms with Crippen molar-refractivity contribution in [3.63, 3.8) is 0 Å². The van der Waals surface area contributed by atoms with Gasteiger partial charge in [-0.1, -0.05) is 11.2 Å². The Hall–Kier alpha value is -1.95. The van der Waals surface area contributed by atoms with E-state index in [0.717, 1.165) is 4.90 Å². The first-order valence-corrected chi connectivity index (χ1v) is 6.04. The molecule has 0 saturated carbocycles. The summed E-state index contributed by atoms with van der Waals surface area (Å²) in [5.74, 6) is -0.531. The van der Waals surface area contributed by atoms with Crippen molar-refractivity contribution >= 4 is 5.69 Å². The van der Waals surface area contributed by atoms with E-state index < -0.39 is 24.6 Å². The quantitative estimate of drug-likeness (QED) is 0.353. The molecule has 1 aromatic carbocycles. The van der Waals surface area contributed by atoms with E-state index in [1.54, 1.807) is 0 Å². The molecule has 1 atom stereocenters. The predicted molar refractivity (Wildman–Crippen MR) is 65.9 cm³/mol. The lowest BCUT2D eigenvalue weighted by atomic mass is 10.1. The molecule has 0 amide bonds. The standard InChI is InChI=1S/C12H12F4N4/c13-10-2-1-3-11-9(10)5-4-8(18-19-17)6-20(11)7-12(14,15)16/h1-3,8H,4-7H2. The number of rotatable bonds is 2. The molecular weight excluding hydrogens is 276 g/mol. The lowest BCUT2D eigenvalue weighted by molar-refractivity contribution is -0.119. The van der Waals surface area contributed by atoms with Crippen LogP contribution in [-0.2, 0) is 6.42 Å². The van der Waals surface area contributed by atoms with Crippen LogP contribution in [-0.4, -0.2) is 25.3 Å². The third-order valence-corrected chi connectivity index (χ3v) is 3.18. The van der Waals surface area contributed by atoms with Gasteiger partial charge in [0, 0.05) is 22.7 Å². The average molecular weight is 288 g/mol. The summed E-state index contributed by atoms with van der Waals surface area (Å²) in [4.78, 5) is 3.67. The fraction of sp³-hybridized carbons (Fsp3) is 0.500. The van der Waals surface area contributed by atoms with Gasteiger partial charge in [-0.25, -0.2) is 4.39 Å². The van der Waals surface area contributed by atoms with Gasteiger partial charge in [0.15, 0.2) is 0 Å². The van der Waals surface area contributed by atoms with Gasteiger partial charge < -0.3 is 4.90 Å². The molecule has 0 N–H and O–H groups in total. The van der Waals surface area contributed by atoms with Crippen LogP contribution in [0.3, 0.4) is 0 Å². The number of azide groups is 1. The molecule has 20 heavy (non-hydrogen) atoms. The molecule has 8 heteroatoms. The van der Waals surface area contributed by atoms with Gasteiger partial charge in [-0.2, -0.15) is 13.2 Å². The van der Waals surface area contributed by atoms with Crippen molar-refractivity contribution in [2.45, 2.75) is 25.1 Å². The molecule has 2 rings (SSSR count). The summed E-state index contributed by atoms with van der Waals surface area (Å²) in [6, 6.07) is 3.46. The van der Waals surface area contributed by atoms with Crippen LogP contribution in [0.25, 0.3) is 10.4 Å². The Bertz CT molecular complexity index is 537. The summed E-state index contributed by atoms with van der Waals surface area (Å²) in [6.07, 6.45) is -3.83. The van der Waals surface area contributed by atoms with E-state index in [9.17, 15) is 17.6 Å². The van der Waals surface area contributed by atoms with Crippen molar-refractivity contribution in [2.24, 2.45) is 5.11 Å². The maximum absolute atomic E-state index is 13.8. The summed E-state index contributed by atoms with van der Waals surface area (Å²) >= 11 is 0. The van der Waals surface area contributed by atoms with E-state index >= 15 is 0 Å². The van der Waals surface area contributed by atoms with E-state index in [0.29, 0.717) is 6.42 Å². The lowest BCUT2D eigenvalue weighted by Crippen LogP contribution is -2.38. The molecule has 1 aliphatic heterocycles. The molecule has 0 aliphatic carbocycles. The molecular formula is C12H12F4N4. The van der Waals surface area contributed by atoms with Crippen LogP contribution in [0.5, 0.6) is 0 Å². The molecule has 1 unspecified atom stereocenters. The molecule has 108 valence electrons. The minimum atomic E-state index is -4.41. The van der Waals surface area contributed by atoms with Crippen LogP contribution in [0, 0.1) is 5.82 Å². The number of fused-ring (bicyclic) bond motifs is 1. The Kier molecular flexibility index (Phi) is 4.04. The summed E-state index contributed by atoms with van der Waals surface area (Å²) in [5, 5.41) is 3.49. The third-order valence-electron chi connectivity index (χ3n) is 3.18. The first-order chi connectivity index (χ1) is 9.40. The number of nitrogens with zero attached hydrogens (tertiary/aromatic N) is 4. The smallest absolute Gasteiger partial charge is 0.362 e. The normalized spacial score (nSPS) is 19.0. The fourth-order valence-electron chi connectivity index (χ4n) is 2.38. The number of hydrogen-bond acceptors (Lipinski definition) is 2. The first kappa shape index (κ1) is 14.5. The molecule has 1 aliphatic rings. The fourth-order valence-corrected chi connectivity index (χ4v) is 2.38. The lowest BCUT2D eigenvalue weighted by Gasteiger charge is -2.27. The summed E-state index contributed by atoms with van der Waals surface area (Å²) in [5.41, 5.74) is 8.91. The van der Waals surface area contributed by atoms with Crippen LogP contribution in [0.15, 0.2) is 23.3 Å². The highest BCUT2D eigenvalue weighted by atomic mass is 19.4. The van der Waals surface area contributed by atoms with E-state index in [2.05, 4.69) is 10.0 Å². The van der Waals surface area contributed by atoms with Gasteiger partial charge in [-0.15, -0.1) is 0 Å². The zero-order valence-corrected chi connectivity index (χ0v) is 10.4. The van der Waals surface area contributed by atoms with E-state index in [1.165, 1.54) is 18.2 Å². The third kappa shape index (κ3) is 3.33. The van der Waals surface area contributed by atoms with Crippen LogP contribution in [0.2, 0.25) is 0 Å². The number of halogens is 4. The Balaban J connectivity index is 2.39. The van der Waals surface area contributed by atoms with Crippen molar-refractivity contribution in [3.8, 4) is 0 Å². The number of anilines is 1. The molecule has 0 aromatic heterocycles. The van der Waals surface area contributed by atoms with Gasteiger partial charge in [0.2, 0.25) is 0 Å². The van der Waals surface area contributed by atoms with E-state index in [1.807, 2.05) is 0 Å². The second-order valence-electron chi connectivity index (χ2n) is 4.63. The van der Waals surface area contributed by atoms with Crippen molar-refractivity contribution < 1.29 is 17.6 Å². The Morgan fingerprint density at radius 1 is 1.40 bits per heavy atom. The monoisotopic (exact) mass is 288 g/mol.